The van der Waals surface area contributed by atoms with Crippen LogP contribution in [0.2, 0.25) is 0 Å². The largest absolute Gasteiger partial charge is 0.464 e. The summed E-state index contributed by atoms with van der Waals surface area (Å²) < 4.78 is 4.61. The molecular formula is C17H17N3O2. The first-order chi connectivity index (χ1) is 10.8. The highest BCUT2D eigenvalue weighted by atomic mass is 16.5. The molecule has 2 aromatic rings. The maximum absolute atomic E-state index is 11.3. The Bertz CT molecular complexity index is 714. The van der Waals surface area contributed by atoms with E-state index in [1.807, 2.05) is 0 Å². The molecule has 0 amide bonds. The van der Waals surface area contributed by atoms with E-state index in [0.717, 1.165) is 12.5 Å². The van der Waals surface area contributed by atoms with Crippen molar-refractivity contribution in [3.63, 3.8) is 0 Å². The van der Waals surface area contributed by atoms with Crippen molar-refractivity contribution in [1.82, 2.24) is 10.2 Å². The van der Waals surface area contributed by atoms with Crippen LogP contribution in [-0.4, -0.2) is 29.8 Å². The topological polar surface area (TPSA) is 64.1 Å². The number of hydrogen-bond donors (Lipinski definition) is 1. The van der Waals surface area contributed by atoms with Gasteiger partial charge >= 0.3 is 5.97 Å². The lowest BCUT2D eigenvalue weighted by Gasteiger charge is -2.09. The number of nitrogens with zero attached hydrogens (tertiary/aromatic N) is 2. The Balaban J connectivity index is 1.36. The van der Waals surface area contributed by atoms with Gasteiger partial charge in [-0.3, -0.25) is 0 Å². The molecule has 112 valence electrons. The van der Waals surface area contributed by atoms with Gasteiger partial charge < -0.3 is 10.1 Å². The molecule has 2 aliphatic rings. The number of aromatic nitrogens is 2. The van der Waals surface area contributed by atoms with Crippen LogP contribution in [0.4, 0.5) is 5.82 Å². The van der Waals surface area contributed by atoms with Crippen LogP contribution in [0.1, 0.15) is 27.5 Å². The number of nitrogens with one attached hydrogen (secondary N) is 1. The van der Waals surface area contributed by atoms with Gasteiger partial charge in [0.2, 0.25) is 0 Å². The van der Waals surface area contributed by atoms with Gasteiger partial charge in [-0.15, -0.1) is 10.2 Å². The highest BCUT2D eigenvalue weighted by Crippen LogP contribution is 2.61. The average molecular weight is 295 g/mol. The third-order valence-electron chi connectivity index (χ3n) is 4.78. The highest BCUT2D eigenvalue weighted by Gasteiger charge is 2.54. The normalized spacial score (nSPS) is 24.3. The number of fused-ring (bicyclic) bond motifs is 3. The molecule has 0 spiro atoms. The minimum absolute atomic E-state index is 0.227. The van der Waals surface area contributed by atoms with Crippen LogP contribution in [0.25, 0.3) is 0 Å². The number of rotatable bonds is 4. The molecule has 1 aromatic heterocycles. The number of methoxy groups -OCH3 is 1. The van der Waals surface area contributed by atoms with E-state index in [1.165, 1.54) is 24.7 Å². The molecule has 1 N–H and O–H groups in total. The maximum atomic E-state index is 11.3. The Kier molecular flexibility index (Phi) is 3.06. The zero-order chi connectivity index (χ0) is 15.1. The fraction of sp³-hybridized carbons (Fsp3) is 0.353. The molecule has 1 saturated carbocycles. The Morgan fingerprint density at radius 3 is 2.91 bits per heavy atom. The Hall–Kier alpha value is -2.43. The third kappa shape index (κ3) is 2.13. The van der Waals surface area contributed by atoms with Crippen molar-refractivity contribution in [2.24, 2.45) is 11.8 Å². The number of anilines is 1. The Morgan fingerprint density at radius 2 is 2.14 bits per heavy atom. The zero-order valence-corrected chi connectivity index (χ0v) is 12.3. The first-order valence-corrected chi connectivity index (χ1v) is 7.51. The maximum Gasteiger partial charge on any atom is 0.358 e. The minimum atomic E-state index is -0.465. The summed E-state index contributed by atoms with van der Waals surface area (Å²) in [6.07, 6.45) is 1.19. The molecule has 2 aliphatic carbocycles. The number of carbonyl (C=O) groups is 1. The second-order valence-corrected chi connectivity index (χ2v) is 5.93. The van der Waals surface area contributed by atoms with Crippen LogP contribution in [0.5, 0.6) is 0 Å². The molecule has 1 fully saturated rings. The van der Waals surface area contributed by atoms with E-state index in [0.29, 0.717) is 17.7 Å². The first kappa shape index (κ1) is 13.2. The highest BCUT2D eigenvalue weighted by molar-refractivity contribution is 5.86. The quantitative estimate of drug-likeness (QED) is 0.877. The Morgan fingerprint density at radius 1 is 1.27 bits per heavy atom. The minimum Gasteiger partial charge on any atom is -0.464 e. The molecule has 0 saturated heterocycles. The smallest absolute Gasteiger partial charge is 0.358 e. The molecule has 0 aliphatic heterocycles. The molecule has 0 bridgehead atoms. The van der Waals surface area contributed by atoms with Crippen LogP contribution in [0, 0.1) is 11.8 Å². The van der Waals surface area contributed by atoms with E-state index < -0.39 is 5.97 Å². The van der Waals surface area contributed by atoms with Gasteiger partial charge in [0.05, 0.1) is 7.11 Å². The van der Waals surface area contributed by atoms with Gasteiger partial charge in [-0.2, -0.15) is 0 Å². The van der Waals surface area contributed by atoms with Gasteiger partial charge in [0, 0.05) is 6.54 Å². The summed E-state index contributed by atoms with van der Waals surface area (Å²) in [5, 5.41) is 11.2. The number of ether oxygens (including phenoxy) is 1. The monoisotopic (exact) mass is 295 g/mol. The molecule has 1 aromatic carbocycles. The lowest BCUT2D eigenvalue weighted by Crippen LogP contribution is -2.11. The van der Waals surface area contributed by atoms with Crippen molar-refractivity contribution in [1.29, 1.82) is 0 Å². The molecule has 3 atom stereocenters. The van der Waals surface area contributed by atoms with Crippen molar-refractivity contribution >= 4 is 11.8 Å². The van der Waals surface area contributed by atoms with E-state index in [2.05, 4.69) is 44.5 Å². The summed E-state index contributed by atoms with van der Waals surface area (Å²) in [7, 11) is 1.33. The van der Waals surface area contributed by atoms with Crippen molar-refractivity contribution in [3.05, 3.63) is 53.2 Å². The summed E-state index contributed by atoms with van der Waals surface area (Å²) in [5.74, 6) is 2.38. The van der Waals surface area contributed by atoms with Crippen LogP contribution >= 0.6 is 0 Å². The van der Waals surface area contributed by atoms with Gasteiger partial charge in [0.15, 0.2) is 5.69 Å². The lowest BCUT2D eigenvalue weighted by molar-refractivity contribution is 0.0593. The molecular weight excluding hydrogens is 278 g/mol. The molecule has 22 heavy (non-hydrogen) atoms. The predicted octanol–water partition coefficient (Wildman–Crippen LogP) is 2.26. The van der Waals surface area contributed by atoms with E-state index in [4.69, 9.17) is 0 Å². The van der Waals surface area contributed by atoms with E-state index >= 15 is 0 Å². The van der Waals surface area contributed by atoms with Crippen LogP contribution in [0.15, 0.2) is 36.4 Å². The summed E-state index contributed by atoms with van der Waals surface area (Å²) in [5.41, 5.74) is 3.26. The first-order valence-electron chi connectivity index (χ1n) is 7.51. The van der Waals surface area contributed by atoms with Crippen LogP contribution in [-0.2, 0) is 11.2 Å². The van der Waals surface area contributed by atoms with Crippen LogP contribution in [0.3, 0.4) is 0 Å². The SMILES string of the molecule is COC(=O)c1ccc(NC[C@@H]2[C@@H]3Cc4ccccc4[C@H]23)nn1. The van der Waals surface area contributed by atoms with Crippen LogP contribution < -0.4 is 5.32 Å². The average Bonchev–Trinajstić information content (AvgIpc) is 3.11. The van der Waals surface area contributed by atoms with Crippen molar-refractivity contribution in [2.45, 2.75) is 12.3 Å². The fourth-order valence-corrected chi connectivity index (χ4v) is 3.62. The van der Waals surface area contributed by atoms with Crippen molar-refractivity contribution < 1.29 is 9.53 Å². The van der Waals surface area contributed by atoms with Gasteiger partial charge in [-0.1, -0.05) is 24.3 Å². The molecule has 0 radical (unpaired) electrons. The number of esters is 1. The Labute approximate surface area is 128 Å². The standard InChI is InChI=1S/C17H17N3O2/c1-22-17(21)14-6-7-15(20-19-14)18-9-13-12-8-10-4-2-3-5-11(10)16(12)13/h2-7,12-13,16H,8-9H2,1H3,(H,18,20)/t12-,13+,16-/m0/s1. The predicted molar refractivity (Wildman–Crippen MR) is 81.7 cm³/mol. The van der Waals surface area contributed by atoms with E-state index in [9.17, 15) is 4.79 Å². The van der Waals surface area contributed by atoms with Gasteiger partial charge in [-0.05, 0) is 47.4 Å². The molecule has 5 heteroatoms. The second-order valence-electron chi connectivity index (χ2n) is 5.93. The van der Waals surface area contributed by atoms with E-state index in [-0.39, 0.29) is 5.69 Å². The van der Waals surface area contributed by atoms with Gasteiger partial charge in [0.1, 0.15) is 5.82 Å². The number of carbonyl (C=O) groups excluding carboxylic acids is 1. The molecule has 0 unspecified atom stereocenters. The van der Waals surface area contributed by atoms with E-state index in [1.54, 1.807) is 12.1 Å². The lowest BCUT2D eigenvalue weighted by atomic mass is 10.0. The molecule has 1 heterocycles. The van der Waals surface area contributed by atoms with Crippen molar-refractivity contribution in [3.8, 4) is 0 Å². The van der Waals surface area contributed by atoms with Gasteiger partial charge in [-0.25, -0.2) is 4.79 Å². The van der Waals surface area contributed by atoms with Gasteiger partial charge in [0.25, 0.3) is 0 Å². The zero-order valence-electron chi connectivity index (χ0n) is 12.3. The fourth-order valence-electron chi connectivity index (χ4n) is 3.62. The summed E-state index contributed by atoms with van der Waals surface area (Å²) in [4.78, 5) is 11.3. The summed E-state index contributed by atoms with van der Waals surface area (Å²) >= 11 is 0. The molecule has 4 rings (SSSR count). The third-order valence-corrected chi connectivity index (χ3v) is 4.78. The number of benzene rings is 1. The van der Waals surface area contributed by atoms with Crippen molar-refractivity contribution in [2.75, 3.05) is 19.0 Å². The summed E-state index contributed by atoms with van der Waals surface area (Å²) in [6, 6.07) is 12.1. The molecule has 5 nitrogen and oxygen atoms in total. The second kappa shape index (κ2) is 5.09. The summed E-state index contributed by atoms with van der Waals surface area (Å²) in [6.45, 7) is 0.899. The number of hydrogen-bond acceptors (Lipinski definition) is 5.